The standard InChI is InChI=1S/C16H11BrN4O2/c17-9-6-12-8(5-10(9)18)13(16(22)20-12)15-14(21-23)7-3-1-2-4-11(7)19-15/h1-6,19,23H,18H2,(H,20,22)/b15-13-,21-14+. The number of carbonyl (C=O) groups excluding carboxylic acids is 1. The lowest BCUT2D eigenvalue weighted by molar-refractivity contribution is -0.110. The molecule has 0 spiro atoms. The zero-order valence-corrected chi connectivity index (χ0v) is 13.3. The number of hydrogen-bond donors (Lipinski definition) is 4. The van der Waals surface area contributed by atoms with Crippen LogP contribution in [0.15, 0.2) is 51.7 Å². The minimum absolute atomic E-state index is 0.269. The van der Waals surface area contributed by atoms with Gasteiger partial charge in [-0.05, 0) is 34.1 Å². The summed E-state index contributed by atoms with van der Waals surface area (Å²) in [6, 6.07) is 10.9. The van der Waals surface area contributed by atoms with Crippen molar-refractivity contribution in [2.75, 3.05) is 16.4 Å². The summed E-state index contributed by atoms with van der Waals surface area (Å²) in [4.78, 5) is 12.5. The quantitative estimate of drug-likeness (QED) is 0.248. The molecule has 1 amide bonds. The third-order valence-corrected chi connectivity index (χ3v) is 4.60. The third-order valence-electron chi connectivity index (χ3n) is 3.91. The molecule has 2 aromatic carbocycles. The van der Waals surface area contributed by atoms with Crippen molar-refractivity contribution in [3.05, 3.63) is 57.7 Å². The van der Waals surface area contributed by atoms with E-state index in [1.54, 1.807) is 12.1 Å². The summed E-state index contributed by atoms with van der Waals surface area (Å²) in [7, 11) is 0. The molecular weight excluding hydrogens is 360 g/mol. The number of nitrogens with two attached hydrogens (primary N) is 1. The average Bonchev–Trinajstić information content (AvgIpc) is 3.04. The van der Waals surface area contributed by atoms with E-state index < -0.39 is 0 Å². The number of anilines is 3. The Hall–Kier alpha value is -2.80. The van der Waals surface area contributed by atoms with Crippen LogP contribution in [-0.2, 0) is 4.79 Å². The second-order valence-electron chi connectivity index (χ2n) is 5.24. The van der Waals surface area contributed by atoms with Gasteiger partial charge in [-0.1, -0.05) is 23.4 Å². The number of para-hydroxylation sites is 1. The topological polar surface area (TPSA) is 99.7 Å². The Kier molecular flexibility index (Phi) is 2.92. The van der Waals surface area contributed by atoms with Crippen LogP contribution in [0.5, 0.6) is 0 Å². The highest BCUT2D eigenvalue weighted by Crippen LogP contribution is 2.41. The van der Waals surface area contributed by atoms with Crippen molar-refractivity contribution in [1.82, 2.24) is 0 Å². The number of amides is 1. The van der Waals surface area contributed by atoms with Gasteiger partial charge in [0.05, 0.1) is 17.0 Å². The van der Waals surface area contributed by atoms with Gasteiger partial charge in [-0.2, -0.15) is 0 Å². The van der Waals surface area contributed by atoms with Crippen molar-refractivity contribution in [1.29, 1.82) is 0 Å². The lowest BCUT2D eigenvalue weighted by atomic mass is 10.0. The molecule has 4 rings (SSSR count). The number of carbonyl (C=O) groups is 1. The SMILES string of the molecule is Nc1cc2c(cc1Br)NC(=O)/C2=C1\Nc2ccccc2\C1=N/O. The molecule has 2 heterocycles. The van der Waals surface area contributed by atoms with E-state index in [0.29, 0.717) is 38.4 Å². The van der Waals surface area contributed by atoms with E-state index >= 15 is 0 Å². The predicted octanol–water partition coefficient (Wildman–Crippen LogP) is 3.00. The Bertz CT molecular complexity index is 934. The molecule has 5 N–H and O–H groups in total. The van der Waals surface area contributed by atoms with E-state index in [-0.39, 0.29) is 5.91 Å². The van der Waals surface area contributed by atoms with Crippen LogP contribution in [0.2, 0.25) is 0 Å². The number of oxime groups is 1. The highest BCUT2D eigenvalue weighted by molar-refractivity contribution is 9.10. The van der Waals surface area contributed by atoms with Gasteiger partial charge in [-0.15, -0.1) is 0 Å². The summed E-state index contributed by atoms with van der Waals surface area (Å²) >= 11 is 3.35. The molecule has 0 fully saturated rings. The number of hydrogen-bond acceptors (Lipinski definition) is 5. The summed E-state index contributed by atoms with van der Waals surface area (Å²) in [6.45, 7) is 0. The second kappa shape index (κ2) is 4.85. The van der Waals surface area contributed by atoms with Crippen molar-refractivity contribution in [2.45, 2.75) is 0 Å². The number of nitrogens with one attached hydrogen (secondary N) is 2. The number of rotatable bonds is 0. The summed E-state index contributed by atoms with van der Waals surface area (Å²) < 4.78 is 0.710. The van der Waals surface area contributed by atoms with E-state index in [1.807, 2.05) is 24.3 Å². The molecule has 23 heavy (non-hydrogen) atoms. The van der Waals surface area contributed by atoms with Crippen LogP contribution in [0.4, 0.5) is 17.1 Å². The van der Waals surface area contributed by atoms with Crippen LogP contribution in [0, 0.1) is 0 Å². The van der Waals surface area contributed by atoms with Crippen LogP contribution in [0.3, 0.4) is 0 Å². The van der Waals surface area contributed by atoms with Gasteiger partial charge in [0.2, 0.25) is 0 Å². The van der Waals surface area contributed by atoms with Crippen molar-refractivity contribution in [2.24, 2.45) is 5.16 Å². The molecule has 0 aromatic heterocycles. The van der Waals surface area contributed by atoms with Crippen LogP contribution in [0.25, 0.3) is 5.57 Å². The number of nitrogens with zero attached hydrogens (tertiary/aromatic N) is 1. The second-order valence-corrected chi connectivity index (χ2v) is 6.10. The normalized spacial score (nSPS) is 20.2. The molecule has 2 aliphatic heterocycles. The van der Waals surface area contributed by atoms with Crippen molar-refractivity contribution in [3.8, 4) is 0 Å². The fourth-order valence-electron chi connectivity index (χ4n) is 2.87. The molecule has 7 heteroatoms. The number of allylic oxidation sites excluding steroid dienone is 1. The van der Waals surface area contributed by atoms with Gasteiger partial charge in [0.1, 0.15) is 5.71 Å². The maximum absolute atomic E-state index is 12.5. The van der Waals surface area contributed by atoms with Crippen LogP contribution in [-0.4, -0.2) is 16.8 Å². The molecule has 2 aromatic rings. The van der Waals surface area contributed by atoms with Gasteiger partial charge in [0.25, 0.3) is 5.91 Å². The first-order chi connectivity index (χ1) is 11.1. The lowest BCUT2D eigenvalue weighted by Gasteiger charge is -2.06. The Labute approximate surface area is 139 Å². The fourth-order valence-corrected chi connectivity index (χ4v) is 3.21. The van der Waals surface area contributed by atoms with Gasteiger partial charge in [0.15, 0.2) is 0 Å². The van der Waals surface area contributed by atoms with Gasteiger partial charge < -0.3 is 21.6 Å². The summed E-state index contributed by atoms with van der Waals surface area (Å²) in [5.41, 5.74) is 10.5. The van der Waals surface area contributed by atoms with Crippen molar-refractivity contribution < 1.29 is 10.0 Å². The molecule has 2 aliphatic rings. The third kappa shape index (κ3) is 1.93. The Morgan fingerprint density at radius 1 is 1.09 bits per heavy atom. The first-order valence-corrected chi connectivity index (χ1v) is 7.63. The molecule has 0 atom stereocenters. The van der Waals surface area contributed by atoms with E-state index in [0.717, 1.165) is 11.3 Å². The predicted molar refractivity (Wildman–Crippen MR) is 92.5 cm³/mol. The minimum Gasteiger partial charge on any atom is -0.410 e. The zero-order valence-electron chi connectivity index (χ0n) is 11.7. The fraction of sp³-hybridized carbons (Fsp3) is 0. The minimum atomic E-state index is -0.269. The van der Waals surface area contributed by atoms with E-state index in [1.165, 1.54) is 0 Å². The molecule has 6 nitrogen and oxygen atoms in total. The molecule has 0 unspecified atom stereocenters. The van der Waals surface area contributed by atoms with E-state index in [4.69, 9.17) is 5.73 Å². The van der Waals surface area contributed by atoms with E-state index in [9.17, 15) is 10.0 Å². The van der Waals surface area contributed by atoms with Gasteiger partial charge in [-0.25, -0.2) is 0 Å². The molecular formula is C16H11BrN4O2. The smallest absolute Gasteiger partial charge is 0.258 e. The number of halogens is 1. The van der Waals surface area contributed by atoms with Gasteiger partial charge in [0, 0.05) is 27.0 Å². The average molecular weight is 371 g/mol. The van der Waals surface area contributed by atoms with Crippen LogP contribution in [0.1, 0.15) is 11.1 Å². The van der Waals surface area contributed by atoms with Crippen LogP contribution < -0.4 is 16.4 Å². The lowest BCUT2D eigenvalue weighted by Crippen LogP contribution is -2.12. The summed E-state index contributed by atoms with van der Waals surface area (Å²) in [5.74, 6) is -0.269. The number of benzene rings is 2. The molecule has 0 bridgehead atoms. The van der Waals surface area contributed by atoms with Crippen molar-refractivity contribution >= 4 is 50.2 Å². The first-order valence-electron chi connectivity index (χ1n) is 6.84. The molecule has 0 radical (unpaired) electrons. The maximum Gasteiger partial charge on any atom is 0.258 e. The monoisotopic (exact) mass is 370 g/mol. The largest absolute Gasteiger partial charge is 0.410 e. The summed E-state index contributed by atoms with van der Waals surface area (Å²) in [5, 5.41) is 18.8. The van der Waals surface area contributed by atoms with Crippen LogP contribution >= 0.6 is 15.9 Å². The molecule has 0 saturated heterocycles. The van der Waals surface area contributed by atoms with Gasteiger partial charge >= 0.3 is 0 Å². The highest BCUT2D eigenvalue weighted by Gasteiger charge is 2.34. The highest BCUT2D eigenvalue weighted by atomic mass is 79.9. The first kappa shape index (κ1) is 13.8. The maximum atomic E-state index is 12.5. The Balaban J connectivity index is 1.97. The number of fused-ring (bicyclic) bond motifs is 2. The Morgan fingerprint density at radius 2 is 1.87 bits per heavy atom. The van der Waals surface area contributed by atoms with E-state index in [2.05, 4.69) is 31.7 Å². The number of nitrogen functional groups attached to an aromatic ring is 1. The molecule has 0 saturated carbocycles. The van der Waals surface area contributed by atoms with Crippen molar-refractivity contribution in [3.63, 3.8) is 0 Å². The summed E-state index contributed by atoms with van der Waals surface area (Å²) in [6.07, 6.45) is 0. The molecule has 114 valence electrons. The Morgan fingerprint density at radius 3 is 2.65 bits per heavy atom. The van der Waals surface area contributed by atoms with Gasteiger partial charge in [-0.3, -0.25) is 4.79 Å². The zero-order chi connectivity index (χ0) is 16.1. The molecule has 0 aliphatic carbocycles.